The first-order valence-corrected chi connectivity index (χ1v) is 23.5. The lowest BCUT2D eigenvalue weighted by molar-refractivity contribution is -0.148. The molecule has 14 heteroatoms. The molecule has 14 nitrogen and oxygen atoms in total. The van der Waals surface area contributed by atoms with Gasteiger partial charge >= 0.3 is 5.97 Å². The van der Waals surface area contributed by atoms with Gasteiger partial charge in [0.1, 0.15) is 52.4 Å². The Hall–Kier alpha value is -6.05. The Kier molecular flexibility index (Phi) is 16.0. The van der Waals surface area contributed by atoms with Crippen molar-refractivity contribution < 1.29 is 58.2 Å². The molecule has 5 atom stereocenters. The van der Waals surface area contributed by atoms with E-state index in [1.807, 2.05) is 13.8 Å². The number of carbonyl (C=O) groups excluding carboxylic acids is 4. The number of nitrogens with zero attached hydrogens (tertiary/aromatic N) is 2. The Bertz CT molecular complexity index is 2370. The molecule has 0 radical (unpaired) electrons. The molecule has 67 heavy (non-hydrogen) atoms. The molecule has 0 bridgehead atoms. The van der Waals surface area contributed by atoms with Crippen molar-refractivity contribution in [3.63, 3.8) is 0 Å². The van der Waals surface area contributed by atoms with E-state index in [0.717, 1.165) is 25.7 Å². The van der Waals surface area contributed by atoms with Crippen LogP contribution in [0.1, 0.15) is 163 Å². The molecule has 2 amide bonds. The number of benzene rings is 2. The maximum absolute atomic E-state index is 14.0. The molecule has 362 valence electrons. The quantitative estimate of drug-likeness (QED) is 0.0751. The Morgan fingerprint density at radius 1 is 0.716 bits per heavy atom. The summed E-state index contributed by atoms with van der Waals surface area (Å²) in [5, 5.41) is 32.9. The van der Waals surface area contributed by atoms with Gasteiger partial charge < -0.3 is 44.1 Å². The third-order valence-electron chi connectivity index (χ3n) is 13.9. The minimum Gasteiger partial charge on any atom is -0.508 e. The topological polar surface area (TPSA) is 189 Å². The summed E-state index contributed by atoms with van der Waals surface area (Å²) in [4.78, 5) is 67.0. The highest BCUT2D eigenvalue weighted by molar-refractivity contribution is 6.02. The molecule has 0 spiro atoms. The SMILES string of the molecule is CC(C)=CCC/C(C)=C/CC[C@@]1(C)Oc2c(c(O)cc3c2CN(CCC[C@@H](C(=O)O)N2Cc4c(cc(O)c5c4O[C@](C)(CC/C=C(\C)CCC=C(C)C)[C@@H](OC=O)C5)C2=O)C3=O)C[C@@H]1OC=O. The number of fused-ring (bicyclic) bond motifs is 6. The largest absolute Gasteiger partial charge is 0.508 e. The molecule has 2 aromatic rings. The number of carbonyl (C=O) groups is 5. The van der Waals surface area contributed by atoms with Crippen molar-refractivity contribution in [2.45, 2.75) is 175 Å². The van der Waals surface area contributed by atoms with Crippen molar-refractivity contribution >= 4 is 30.7 Å². The number of phenols is 2. The smallest absolute Gasteiger partial charge is 0.326 e. The van der Waals surface area contributed by atoms with Gasteiger partial charge in [0.15, 0.2) is 0 Å². The van der Waals surface area contributed by atoms with Crippen molar-refractivity contribution in [2.75, 3.05) is 6.54 Å². The van der Waals surface area contributed by atoms with Crippen LogP contribution in [0.5, 0.6) is 23.0 Å². The fraction of sp³-hybridized carbons (Fsp3) is 0.528. The van der Waals surface area contributed by atoms with Gasteiger partial charge in [-0.15, -0.1) is 0 Å². The van der Waals surface area contributed by atoms with E-state index in [2.05, 4.69) is 65.8 Å². The second kappa shape index (κ2) is 21.3. The lowest BCUT2D eigenvalue weighted by Crippen LogP contribution is -2.50. The van der Waals surface area contributed by atoms with Crippen LogP contribution in [-0.4, -0.2) is 91.8 Å². The molecule has 0 unspecified atom stereocenters. The predicted octanol–water partition coefficient (Wildman–Crippen LogP) is 9.36. The summed E-state index contributed by atoms with van der Waals surface area (Å²) in [6, 6.07) is 1.49. The number of rotatable bonds is 22. The summed E-state index contributed by atoms with van der Waals surface area (Å²) in [6.45, 7) is 17.2. The number of aromatic hydroxyl groups is 2. The molecule has 2 aromatic carbocycles. The van der Waals surface area contributed by atoms with Crippen LogP contribution in [0.2, 0.25) is 0 Å². The Morgan fingerprint density at radius 2 is 1.18 bits per heavy atom. The van der Waals surface area contributed by atoms with Gasteiger partial charge in [0, 0.05) is 41.6 Å². The molecule has 4 aliphatic heterocycles. The Morgan fingerprint density at radius 3 is 1.63 bits per heavy atom. The van der Waals surface area contributed by atoms with Crippen LogP contribution in [-0.2, 0) is 49.8 Å². The fourth-order valence-corrected chi connectivity index (χ4v) is 9.88. The van der Waals surface area contributed by atoms with Gasteiger partial charge in [0.05, 0.1) is 24.2 Å². The average molecular weight is 925 g/mol. The highest BCUT2D eigenvalue weighted by Gasteiger charge is 2.49. The number of phenolic OH excluding ortho intramolecular Hbond substituents is 2. The first-order chi connectivity index (χ1) is 31.8. The molecular weight excluding hydrogens is 857 g/mol. The van der Waals surface area contributed by atoms with Crippen molar-refractivity contribution in [1.82, 2.24) is 9.80 Å². The molecule has 0 aromatic heterocycles. The molecule has 0 saturated carbocycles. The van der Waals surface area contributed by atoms with Crippen molar-refractivity contribution in [1.29, 1.82) is 0 Å². The maximum Gasteiger partial charge on any atom is 0.326 e. The van der Waals surface area contributed by atoms with E-state index < -0.39 is 41.3 Å². The molecular formula is C53H68N2O12. The zero-order valence-electron chi connectivity index (χ0n) is 40.4. The number of aliphatic carboxylic acids is 1. The van der Waals surface area contributed by atoms with Gasteiger partial charge in [-0.05, 0) is 132 Å². The highest BCUT2D eigenvalue weighted by atomic mass is 16.6. The summed E-state index contributed by atoms with van der Waals surface area (Å²) >= 11 is 0. The normalized spacial score (nSPS) is 22.4. The van der Waals surface area contributed by atoms with Crippen LogP contribution in [0.3, 0.4) is 0 Å². The maximum atomic E-state index is 14.0. The number of hydrogen-bond donors (Lipinski definition) is 3. The van der Waals surface area contributed by atoms with Crippen LogP contribution >= 0.6 is 0 Å². The molecule has 0 aliphatic carbocycles. The van der Waals surface area contributed by atoms with Gasteiger partial charge in [-0.2, -0.15) is 0 Å². The number of hydrogen-bond acceptors (Lipinski definition) is 11. The monoisotopic (exact) mass is 924 g/mol. The van der Waals surface area contributed by atoms with E-state index in [1.165, 1.54) is 39.3 Å². The molecule has 0 saturated heterocycles. The van der Waals surface area contributed by atoms with Crippen molar-refractivity contribution in [3.05, 3.63) is 92.1 Å². The van der Waals surface area contributed by atoms with Crippen LogP contribution < -0.4 is 9.47 Å². The lowest BCUT2D eigenvalue weighted by Gasteiger charge is -2.42. The van der Waals surface area contributed by atoms with E-state index in [4.69, 9.17) is 18.9 Å². The van der Waals surface area contributed by atoms with E-state index in [9.17, 15) is 39.3 Å². The van der Waals surface area contributed by atoms with E-state index >= 15 is 0 Å². The van der Waals surface area contributed by atoms with Crippen molar-refractivity contribution in [2.24, 2.45) is 0 Å². The average Bonchev–Trinajstić information content (AvgIpc) is 3.74. The summed E-state index contributed by atoms with van der Waals surface area (Å²) in [6.07, 6.45) is 13.9. The highest BCUT2D eigenvalue weighted by Crippen LogP contribution is 2.49. The summed E-state index contributed by atoms with van der Waals surface area (Å²) in [5.41, 5.74) is 5.33. The summed E-state index contributed by atoms with van der Waals surface area (Å²) in [7, 11) is 0. The van der Waals surface area contributed by atoms with Crippen LogP contribution in [0.25, 0.3) is 0 Å². The zero-order valence-corrected chi connectivity index (χ0v) is 40.4. The minimum absolute atomic E-state index is 0.0143. The molecule has 6 rings (SSSR count). The second-order valence-corrected chi connectivity index (χ2v) is 19.6. The van der Waals surface area contributed by atoms with Gasteiger partial charge in [0.25, 0.3) is 24.8 Å². The second-order valence-electron chi connectivity index (χ2n) is 19.6. The third-order valence-corrected chi connectivity index (χ3v) is 13.9. The summed E-state index contributed by atoms with van der Waals surface area (Å²) < 4.78 is 24.4. The van der Waals surface area contributed by atoms with Crippen LogP contribution in [0.15, 0.2) is 58.7 Å². The minimum atomic E-state index is -1.26. The Labute approximate surface area is 394 Å². The van der Waals surface area contributed by atoms with E-state index in [0.29, 0.717) is 72.4 Å². The molecule has 4 aliphatic rings. The standard InChI is InChI=1S/C53H68N2O12/c1-32(2)14-9-16-34(5)18-11-21-52(7)45(64-30-56)26-38-43(58)24-36-40(47(38)66-52)28-54(49(36)60)23-13-20-42(51(62)63)55-29-41-37(50(55)61)25-44(59)39-27-46(65-31-57)53(8,67-48(39)41)22-12-19-35(6)17-10-15-33(3)4/h14-15,18-19,24-25,30-31,42,45-46,58-59H,9-13,16-17,20-23,26-29H2,1-8H3,(H,62,63)/b34-18+,35-19+/t42-,45-,46-,52+,53+/m0/s1. The van der Waals surface area contributed by atoms with Crippen LogP contribution in [0, 0.1) is 0 Å². The lowest BCUT2D eigenvalue weighted by atomic mass is 9.84. The number of carboxylic acid groups (broad SMARTS) is 1. The molecule has 0 fully saturated rings. The van der Waals surface area contributed by atoms with Gasteiger partial charge in [-0.25, -0.2) is 4.79 Å². The first kappa shape index (κ1) is 50.4. The van der Waals surface area contributed by atoms with Crippen molar-refractivity contribution in [3.8, 4) is 23.0 Å². The van der Waals surface area contributed by atoms with E-state index in [1.54, 1.807) is 4.90 Å². The van der Waals surface area contributed by atoms with Crippen LogP contribution in [0.4, 0.5) is 0 Å². The third kappa shape index (κ3) is 11.2. The predicted molar refractivity (Wildman–Crippen MR) is 252 cm³/mol. The molecule has 3 N–H and O–H groups in total. The summed E-state index contributed by atoms with van der Waals surface area (Å²) in [5.74, 6) is -1.78. The number of allylic oxidation sites excluding steroid dienone is 8. The number of amides is 2. The fourth-order valence-electron chi connectivity index (χ4n) is 9.88. The number of carboxylic acids is 1. The van der Waals surface area contributed by atoms with E-state index in [-0.39, 0.29) is 73.9 Å². The first-order valence-electron chi connectivity index (χ1n) is 23.5. The van der Waals surface area contributed by atoms with Gasteiger partial charge in [-0.3, -0.25) is 19.2 Å². The van der Waals surface area contributed by atoms with Gasteiger partial charge in [-0.1, -0.05) is 46.6 Å². The number of ether oxygens (including phenoxy) is 4. The van der Waals surface area contributed by atoms with Gasteiger partial charge in [0.2, 0.25) is 0 Å². The molecule has 4 heterocycles. The zero-order chi connectivity index (χ0) is 48.8. The Balaban J connectivity index is 1.14.